The average molecular weight is 398 g/mol. The van der Waals surface area contributed by atoms with Crippen molar-refractivity contribution in [1.29, 1.82) is 0 Å². The minimum absolute atomic E-state index is 0.0760. The second kappa shape index (κ2) is 8.29. The summed E-state index contributed by atoms with van der Waals surface area (Å²) < 4.78 is 25.7. The molecule has 0 bridgehead atoms. The molecule has 1 aliphatic carbocycles. The number of benzene rings is 1. The number of hydrogen-bond acceptors (Lipinski definition) is 5. The molecule has 1 aromatic heterocycles. The van der Waals surface area contributed by atoms with Gasteiger partial charge in [0.05, 0.1) is 31.2 Å². The molecule has 2 aromatic rings. The summed E-state index contributed by atoms with van der Waals surface area (Å²) in [6.45, 7) is 3.32. The highest BCUT2D eigenvalue weighted by Gasteiger charge is 2.28. The molecule has 0 saturated heterocycles. The maximum absolute atomic E-state index is 14.5. The van der Waals surface area contributed by atoms with Crippen molar-refractivity contribution in [3.05, 3.63) is 58.4 Å². The number of ether oxygens (including phenoxy) is 2. The van der Waals surface area contributed by atoms with Crippen molar-refractivity contribution in [3.8, 4) is 5.75 Å². The Kier molecular flexibility index (Phi) is 5.58. The van der Waals surface area contributed by atoms with Crippen LogP contribution in [-0.2, 0) is 11.2 Å². The van der Waals surface area contributed by atoms with Crippen molar-refractivity contribution in [3.63, 3.8) is 0 Å². The zero-order valence-corrected chi connectivity index (χ0v) is 16.3. The van der Waals surface area contributed by atoms with E-state index in [1.807, 2.05) is 13.0 Å². The molecule has 6 nitrogen and oxygen atoms in total. The van der Waals surface area contributed by atoms with Crippen LogP contribution in [0.4, 0.5) is 4.39 Å². The Morgan fingerprint density at radius 1 is 1.38 bits per heavy atom. The maximum Gasteiger partial charge on any atom is 0.356 e. The van der Waals surface area contributed by atoms with Gasteiger partial charge in [-0.1, -0.05) is 6.08 Å². The van der Waals surface area contributed by atoms with Crippen LogP contribution in [-0.4, -0.2) is 40.9 Å². The van der Waals surface area contributed by atoms with Crippen LogP contribution in [0.3, 0.4) is 0 Å². The Morgan fingerprint density at radius 2 is 2.21 bits per heavy atom. The fraction of sp³-hybridized carbons (Fsp3) is 0.409. The number of nitrogens with zero attached hydrogens (tertiary/aromatic N) is 2. The molecule has 7 heteroatoms. The minimum Gasteiger partial charge on any atom is -0.493 e. The molecular formula is C22H23FN2O4. The highest BCUT2D eigenvalue weighted by Crippen LogP contribution is 2.39. The van der Waals surface area contributed by atoms with E-state index in [2.05, 4.69) is 9.97 Å². The molecule has 1 fully saturated rings. The lowest BCUT2D eigenvalue weighted by molar-refractivity contribution is 0.0688. The predicted molar refractivity (Wildman–Crippen MR) is 105 cm³/mol. The van der Waals surface area contributed by atoms with Crippen LogP contribution in [0, 0.1) is 5.82 Å². The lowest BCUT2D eigenvalue weighted by Gasteiger charge is -2.20. The van der Waals surface area contributed by atoms with E-state index in [0.717, 1.165) is 18.4 Å². The Balaban J connectivity index is 1.76. The van der Waals surface area contributed by atoms with E-state index in [1.54, 1.807) is 6.20 Å². The summed E-state index contributed by atoms with van der Waals surface area (Å²) in [5.74, 6) is -0.664. The lowest BCUT2D eigenvalue weighted by Crippen LogP contribution is -2.12. The molecule has 0 spiro atoms. The molecule has 1 aromatic carbocycles. The van der Waals surface area contributed by atoms with Gasteiger partial charge in [0.15, 0.2) is 5.69 Å². The quantitative estimate of drug-likeness (QED) is 0.760. The van der Waals surface area contributed by atoms with Gasteiger partial charge >= 0.3 is 5.97 Å². The highest BCUT2D eigenvalue weighted by molar-refractivity contribution is 5.86. The predicted octanol–water partition coefficient (Wildman–Crippen LogP) is 3.98. The van der Waals surface area contributed by atoms with Gasteiger partial charge in [-0.25, -0.2) is 14.2 Å². The molecule has 2 aliphatic rings. The number of aromatic carboxylic acids is 1. The van der Waals surface area contributed by atoms with E-state index in [0.29, 0.717) is 60.4 Å². The van der Waals surface area contributed by atoms with E-state index in [4.69, 9.17) is 9.47 Å². The number of hydrogen-bond donors (Lipinski definition) is 1. The van der Waals surface area contributed by atoms with Gasteiger partial charge in [-0.3, -0.25) is 4.98 Å². The van der Waals surface area contributed by atoms with Crippen LogP contribution in [0.1, 0.15) is 65.1 Å². The van der Waals surface area contributed by atoms with Crippen LogP contribution in [0.25, 0.3) is 5.57 Å². The summed E-state index contributed by atoms with van der Waals surface area (Å²) >= 11 is 0. The molecule has 0 unspecified atom stereocenters. The van der Waals surface area contributed by atoms with Gasteiger partial charge in [0, 0.05) is 29.7 Å². The third kappa shape index (κ3) is 4.29. The van der Waals surface area contributed by atoms with E-state index in [1.165, 1.54) is 12.1 Å². The summed E-state index contributed by atoms with van der Waals surface area (Å²) in [6.07, 6.45) is 6.38. The highest BCUT2D eigenvalue weighted by atomic mass is 19.1. The number of halogens is 1. The van der Waals surface area contributed by atoms with Crippen molar-refractivity contribution < 1.29 is 23.8 Å². The molecule has 1 N–H and O–H groups in total. The van der Waals surface area contributed by atoms with E-state index >= 15 is 0 Å². The van der Waals surface area contributed by atoms with Crippen LogP contribution >= 0.6 is 0 Å². The molecule has 2 heterocycles. The number of carboxylic acids is 1. The Bertz CT molecular complexity index is 970. The van der Waals surface area contributed by atoms with Crippen molar-refractivity contribution >= 4 is 11.5 Å². The largest absolute Gasteiger partial charge is 0.493 e. The van der Waals surface area contributed by atoms with Gasteiger partial charge in [-0.2, -0.15) is 0 Å². The third-order valence-corrected chi connectivity index (χ3v) is 5.15. The lowest BCUT2D eigenvalue weighted by atomic mass is 9.95. The number of carboxylic acid groups (broad SMARTS) is 1. The summed E-state index contributed by atoms with van der Waals surface area (Å²) in [5, 5.41) is 9.63. The monoisotopic (exact) mass is 398 g/mol. The molecule has 4 rings (SSSR count). The summed E-state index contributed by atoms with van der Waals surface area (Å²) in [5.41, 5.74) is 3.15. The van der Waals surface area contributed by atoms with Gasteiger partial charge in [-0.15, -0.1) is 0 Å². The standard InChI is InChI=1S/C22H23FN2O4/c1-2-29-21-15(9-16(23)11-17(21)13-5-7-28-8-6-13)10-18-20(22(26)27)25-19(12-24-18)14-3-4-14/h5,9,11-12,14H,2-4,6-8,10H2,1H3,(H,26,27). The Labute approximate surface area is 168 Å². The van der Waals surface area contributed by atoms with Crippen LogP contribution in [0.15, 0.2) is 24.4 Å². The first kappa shape index (κ1) is 19.5. The fourth-order valence-electron chi connectivity index (χ4n) is 3.59. The zero-order chi connectivity index (χ0) is 20.4. The number of carbonyl (C=O) groups is 1. The van der Waals surface area contributed by atoms with Gasteiger partial charge in [-0.05, 0) is 43.9 Å². The van der Waals surface area contributed by atoms with Crippen molar-refractivity contribution in [2.75, 3.05) is 19.8 Å². The minimum atomic E-state index is -1.13. The summed E-state index contributed by atoms with van der Waals surface area (Å²) in [7, 11) is 0. The van der Waals surface area contributed by atoms with E-state index < -0.39 is 11.8 Å². The Morgan fingerprint density at radius 3 is 2.86 bits per heavy atom. The molecular weight excluding hydrogens is 375 g/mol. The third-order valence-electron chi connectivity index (χ3n) is 5.15. The summed E-state index contributed by atoms with van der Waals surface area (Å²) in [6, 6.07) is 2.85. The topological polar surface area (TPSA) is 81.5 Å². The molecule has 1 aliphatic heterocycles. The average Bonchev–Trinajstić information content (AvgIpc) is 3.56. The van der Waals surface area contributed by atoms with Crippen LogP contribution < -0.4 is 4.74 Å². The first-order chi connectivity index (χ1) is 14.1. The van der Waals surface area contributed by atoms with Crippen molar-refractivity contribution in [2.24, 2.45) is 0 Å². The molecule has 152 valence electrons. The van der Waals surface area contributed by atoms with Gasteiger partial charge in [0.2, 0.25) is 0 Å². The van der Waals surface area contributed by atoms with Gasteiger partial charge in [0.1, 0.15) is 11.6 Å². The zero-order valence-electron chi connectivity index (χ0n) is 16.3. The first-order valence-electron chi connectivity index (χ1n) is 9.88. The van der Waals surface area contributed by atoms with Crippen molar-refractivity contribution in [1.82, 2.24) is 9.97 Å². The van der Waals surface area contributed by atoms with Gasteiger partial charge in [0.25, 0.3) is 0 Å². The molecule has 0 radical (unpaired) electrons. The van der Waals surface area contributed by atoms with Crippen LogP contribution in [0.2, 0.25) is 0 Å². The van der Waals surface area contributed by atoms with Crippen molar-refractivity contribution in [2.45, 2.75) is 38.5 Å². The second-order valence-corrected chi connectivity index (χ2v) is 7.28. The molecule has 29 heavy (non-hydrogen) atoms. The number of rotatable bonds is 7. The normalized spacial score (nSPS) is 16.4. The van der Waals surface area contributed by atoms with E-state index in [9.17, 15) is 14.3 Å². The SMILES string of the molecule is CCOc1c(Cc2ncc(C3CC3)nc2C(=O)O)cc(F)cc1C1=CCOCC1. The molecule has 0 amide bonds. The summed E-state index contributed by atoms with van der Waals surface area (Å²) in [4.78, 5) is 20.5. The maximum atomic E-state index is 14.5. The number of aromatic nitrogens is 2. The fourth-order valence-corrected chi connectivity index (χ4v) is 3.59. The van der Waals surface area contributed by atoms with Crippen LogP contribution in [0.5, 0.6) is 5.75 Å². The first-order valence-corrected chi connectivity index (χ1v) is 9.88. The second-order valence-electron chi connectivity index (χ2n) is 7.28. The Hall–Kier alpha value is -2.80. The molecule has 1 saturated carbocycles. The van der Waals surface area contributed by atoms with E-state index in [-0.39, 0.29) is 12.1 Å². The smallest absolute Gasteiger partial charge is 0.356 e. The molecule has 0 atom stereocenters. The van der Waals surface area contributed by atoms with Gasteiger partial charge < -0.3 is 14.6 Å².